The van der Waals surface area contributed by atoms with Crippen molar-refractivity contribution in [2.45, 2.75) is 38.7 Å². The van der Waals surface area contributed by atoms with Crippen LogP contribution in [0.1, 0.15) is 32.6 Å². The van der Waals surface area contributed by atoms with Crippen LogP contribution in [0.5, 0.6) is 0 Å². The van der Waals surface area contributed by atoms with Gasteiger partial charge in [0.05, 0.1) is 6.10 Å². The van der Waals surface area contributed by atoms with Gasteiger partial charge >= 0.3 is 0 Å². The van der Waals surface area contributed by atoms with E-state index in [9.17, 15) is 9.90 Å². The Kier molecular flexibility index (Phi) is 3.06. The van der Waals surface area contributed by atoms with Crippen LogP contribution in [-0.4, -0.2) is 17.5 Å². The van der Waals surface area contributed by atoms with Gasteiger partial charge in [0.1, 0.15) is 6.29 Å². The van der Waals surface area contributed by atoms with Gasteiger partial charge in [-0.05, 0) is 25.2 Å². The van der Waals surface area contributed by atoms with E-state index in [1.807, 2.05) is 0 Å². The Morgan fingerprint density at radius 2 is 2.27 bits per heavy atom. The lowest BCUT2D eigenvalue weighted by Gasteiger charge is -2.29. The van der Waals surface area contributed by atoms with Crippen molar-refractivity contribution in [1.29, 1.82) is 0 Å². The van der Waals surface area contributed by atoms with Crippen molar-refractivity contribution in [3.63, 3.8) is 0 Å². The van der Waals surface area contributed by atoms with Gasteiger partial charge in [-0.15, -0.1) is 0 Å². The van der Waals surface area contributed by atoms with Crippen molar-refractivity contribution in [3.8, 4) is 0 Å². The van der Waals surface area contributed by atoms with Gasteiger partial charge in [-0.2, -0.15) is 0 Å². The van der Waals surface area contributed by atoms with E-state index >= 15 is 0 Å². The van der Waals surface area contributed by atoms with Crippen LogP contribution in [0.3, 0.4) is 0 Å². The molecule has 0 aromatic rings. The number of carbonyl (C=O) groups is 1. The van der Waals surface area contributed by atoms with Gasteiger partial charge in [0, 0.05) is 5.92 Å². The minimum Gasteiger partial charge on any atom is -0.392 e. The third kappa shape index (κ3) is 2.03. The normalized spacial score (nSPS) is 38.5. The highest BCUT2D eigenvalue weighted by molar-refractivity contribution is 5.54. The predicted molar refractivity (Wildman–Crippen MR) is 43.2 cm³/mol. The zero-order chi connectivity index (χ0) is 8.27. The van der Waals surface area contributed by atoms with Gasteiger partial charge in [0.25, 0.3) is 0 Å². The molecular weight excluding hydrogens is 140 g/mol. The molecule has 1 N–H and O–H groups in total. The lowest BCUT2D eigenvalue weighted by Crippen LogP contribution is -2.29. The molecule has 0 spiro atoms. The Hall–Kier alpha value is -0.370. The lowest BCUT2D eigenvalue weighted by molar-refractivity contribution is -0.116. The van der Waals surface area contributed by atoms with E-state index in [0.717, 1.165) is 32.0 Å². The minimum atomic E-state index is -0.369. The average Bonchev–Trinajstić information content (AvgIpc) is 2.04. The highest BCUT2D eigenvalue weighted by Gasteiger charge is 2.27. The van der Waals surface area contributed by atoms with Gasteiger partial charge in [-0.1, -0.05) is 13.3 Å². The van der Waals surface area contributed by atoms with Crippen LogP contribution in [0.4, 0.5) is 0 Å². The zero-order valence-electron chi connectivity index (χ0n) is 6.99. The first-order chi connectivity index (χ1) is 5.27. The zero-order valence-corrected chi connectivity index (χ0v) is 6.99. The smallest absolute Gasteiger partial charge is 0.125 e. The quantitative estimate of drug-likeness (QED) is 0.613. The Morgan fingerprint density at radius 3 is 2.73 bits per heavy atom. The Balaban J connectivity index is 2.40. The molecule has 11 heavy (non-hydrogen) atoms. The number of hydrogen-bond donors (Lipinski definition) is 1. The molecule has 0 aromatic heterocycles. The largest absolute Gasteiger partial charge is 0.392 e. The first kappa shape index (κ1) is 8.72. The molecule has 0 saturated heterocycles. The maximum absolute atomic E-state index is 10.4. The molecule has 1 aliphatic carbocycles. The number of rotatable bonds is 2. The topological polar surface area (TPSA) is 37.3 Å². The molecule has 3 atom stereocenters. The number of aliphatic hydroxyl groups excluding tert-OH is 1. The van der Waals surface area contributed by atoms with Crippen molar-refractivity contribution in [2.24, 2.45) is 11.8 Å². The Bertz CT molecular complexity index is 134. The summed E-state index contributed by atoms with van der Waals surface area (Å²) in [5, 5.41) is 9.44. The van der Waals surface area contributed by atoms with E-state index in [2.05, 4.69) is 6.92 Å². The van der Waals surface area contributed by atoms with Gasteiger partial charge in [0.2, 0.25) is 0 Å². The van der Waals surface area contributed by atoms with E-state index in [1.54, 1.807) is 0 Å². The van der Waals surface area contributed by atoms with E-state index in [0.29, 0.717) is 5.92 Å². The first-order valence-corrected chi connectivity index (χ1v) is 4.41. The van der Waals surface area contributed by atoms with Crippen LogP contribution in [0.2, 0.25) is 0 Å². The number of carbonyl (C=O) groups excluding carboxylic acids is 1. The van der Waals surface area contributed by atoms with Crippen LogP contribution in [0.15, 0.2) is 0 Å². The summed E-state index contributed by atoms with van der Waals surface area (Å²) in [6.07, 6.45) is 4.46. The molecule has 1 aliphatic rings. The summed E-state index contributed by atoms with van der Waals surface area (Å²) in [6, 6.07) is 0. The van der Waals surface area contributed by atoms with E-state index < -0.39 is 0 Å². The van der Waals surface area contributed by atoms with Gasteiger partial charge < -0.3 is 9.90 Å². The highest BCUT2D eigenvalue weighted by atomic mass is 16.3. The summed E-state index contributed by atoms with van der Waals surface area (Å²) in [5.41, 5.74) is 0. The molecule has 0 amide bonds. The van der Waals surface area contributed by atoms with E-state index in [1.165, 1.54) is 0 Å². The summed E-state index contributed by atoms with van der Waals surface area (Å²) in [5.74, 6) is 0.555. The standard InChI is InChI=1S/C9H16O2/c1-2-7-3-4-8(6-10)9(11)5-7/h6-9,11H,2-5H2,1H3. The minimum absolute atomic E-state index is 0.0854. The van der Waals surface area contributed by atoms with Crippen LogP contribution in [0.25, 0.3) is 0 Å². The van der Waals surface area contributed by atoms with Crippen molar-refractivity contribution in [1.82, 2.24) is 0 Å². The summed E-state index contributed by atoms with van der Waals surface area (Å²) < 4.78 is 0. The second-order valence-corrected chi connectivity index (χ2v) is 3.45. The van der Waals surface area contributed by atoms with Crippen molar-refractivity contribution >= 4 is 6.29 Å². The first-order valence-electron chi connectivity index (χ1n) is 4.41. The third-order valence-electron chi connectivity index (χ3n) is 2.73. The number of hydrogen-bond acceptors (Lipinski definition) is 2. The fourth-order valence-electron chi connectivity index (χ4n) is 1.78. The SMILES string of the molecule is CCC1CCC(C=O)C(O)C1. The molecule has 0 aromatic carbocycles. The third-order valence-corrected chi connectivity index (χ3v) is 2.73. The summed E-state index contributed by atoms with van der Waals surface area (Å²) in [4.78, 5) is 10.4. The number of aldehydes is 1. The van der Waals surface area contributed by atoms with E-state index in [-0.39, 0.29) is 12.0 Å². The molecule has 1 rings (SSSR count). The van der Waals surface area contributed by atoms with Gasteiger partial charge in [-0.25, -0.2) is 0 Å². The Labute approximate surface area is 67.6 Å². The fraction of sp³-hybridized carbons (Fsp3) is 0.889. The number of aliphatic hydroxyl groups is 1. The highest BCUT2D eigenvalue weighted by Crippen LogP contribution is 2.29. The summed E-state index contributed by atoms with van der Waals surface area (Å²) in [7, 11) is 0. The fourth-order valence-corrected chi connectivity index (χ4v) is 1.78. The molecular formula is C9H16O2. The summed E-state index contributed by atoms with van der Waals surface area (Å²) in [6.45, 7) is 2.14. The molecule has 0 radical (unpaired) electrons. The monoisotopic (exact) mass is 156 g/mol. The maximum atomic E-state index is 10.4. The Morgan fingerprint density at radius 1 is 1.55 bits per heavy atom. The van der Waals surface area contributed by atoms with Gasteiger partial charge in [-0.3, -0.25) is 0 Å². The second-order valence-electron chi connectivity index (χ2n) is 3.45. The lowest BCUT2D eigenvalue weighted by atomic mass is 9.79. The second kappa shape index (κ2) is 3.86. The molecule has 0 aliphatic heterocycles. The molecule has 64 valence electrons. The molecule has 0 heterocycles. The molecule has 0 bridgehead atoms. The van der Waals surface area contributed by atoms with Crippen LogP contribution >= 0.6 is 0 Å². The summed E-state index contributed by atoms with van der Waals surface area (Å²) >= 11 is 0. The molecule has 1 saturated carbocycles. The van der Waals surface area contributed by atoms with Gasteiger partial charge in [0.15, 0.2) is 0 Å². The molecule has 2 nitrogen and oxygen atoms in total. The van der Waals surface area contributed by atoms with E-state index in [4.69, 9.17) is 0 Å². The van der Waals surface area contributed by atoms with Crippen molar-refractivity contribution < 1.29 is 9.90 Å². The maximum Gasteiger partial charge on any atom is 0.125 e. The molecule has 2 heteroatoms. The van der Waals surface area contributed by atoms with Crippen molar-refractivity contribution in [3.05, 3.63) is 0 Å². The molecule has 3 unspecified atom stereocenters. The van der Waals surface area contributed by atoms with Crippen LogP contribution in [0, 0.1) is 11.8 Å². The van der Waals surface area contributed by atoms with Crippen LogP contribution in [-0.2, 0) is 4.79 Å². The van der Waals surface area contributed by atoms with Crippen molar-refractivity contribution in [2.75, 3.05) is 0 Å². The van der Waals surface area contributed by atoms with Crippen LogP contribution < -0.4 is 0 Å². The predicted octanol–water partition coefficient (Wildman–Crippen LogP) is 1.37. The average molecular weight is 156 g/mol. The molecule has 1 fully saturated rings.